The number of nitrogens with zero attached hydrogens (tertiary/aromatic N) is 1. The topological polar surface area (TPSA) is 49.4 Å². The summed E-state index contributed by atoms with van der Waals surface area (Å²) < 4.78 is 12.8. The van der Waals surface area contributed by atoms with Crippen LogP contribution in [-0.4, -0.2) is 18.8 Å². The van der Waals surface area contributed by atoms with Gasteiger partial charge >= 0.3 is 0 Å². The average Bonchev–Trinajstić information content (AvgIpc) is 2.89. The van der Waals surface area contributed by atoms with Gasteiger partial charge in [0.15, 0.2) is 11.5 Å². The van der Waals surface area contributed by atoms with Gasteiger partial charge in [0.1, 0.15) is 0 Å². The third-order valence-electron chi connectivity index (χ3n) is 3.60. The zero-order chi connectivity index (χ0) is 14.8. The molecule has 0 saturated carbocycles. The lowest BCUT2D eigenvalue weighted by Crippen LogP contribution is -1.99. The average molecular weight is 282 g/mol. The highest BCUT2D eigenvalue weighted by atomic mass is 16.5. The molecule has 4 heteroatoms. The molecule has 3 aromatic rings. The van der Waals surface area contributed by atoms with Crippen molar-refractivity contribution in [1.29, 1.82) is 0 Å². The van der Waals surface area contributed by atoms with Crippen LogP contribution in [-0.2, 0) is 6.54 Å². The van der Waals surface area contributed by atoms with Gasteiger partial charge in [0.2, 0.25) is 0 Å². The van der Waals surface area contributed by atoms with E-state index in [2.05, 4.69) is 16.8 Å². The van der Waals surface area contributed by atoms with Crippen molar-refractivity contribution in [2.75, 3.05) is 20.0 Å². The molecule has 4 nitrogen and oxygen atoms in total. The smallest absolute Gasteiger partial charge is 0.161 e. The lowest BCUT2D eigenvalue weighted by Gasteiger charge is -2.11. The SMILES string of the molecule is COc1ccc(Cn2ccc3ccc(N)cc32)cc1OC. The molecular formula is C17H18N2O2. The first kappa shape index (κ1) is 13.4. The third-order valence-corrected chi connectivity index (χ3v) is 3.60. The second-order valence-electron chi connectivity index (χ2n) is 4.95. The Morgan fingerprint density at radius 3 is 2.52 bits per heavy atom. The van der Waals surface area contributed by atoms with Crippen LogP contribution in [0, 0.1) is 0 Å². The molecule has 21 heavy (non-hydrogen) atoms. The van der Waals surface area contributed by atoms with E-state index in [-0.39, 0.29) is 0 Å². The number of benzene rings is 2. The molecule has 1 heterocycles. The van der Waals surface area contributed by atoms with Gasteiger partial charge in [0, 0.05) is 18.4 Å². The van der Waals surface area contributed by atoms with Crippen molar-refractivity contribution in [3.8, 4) is 11.5 Å². The van der Waals surface area contributed by atoms with Crippen LogP contribution in [0.4, 0.5) is 5.69 Å². The van der Waals surface area contributed by atoms with E-state index in [1.54, 1.807) is 14.2 Å². The van der Waals surface area contributed by atoms with Crippen LogP contribution in [0.15, 0.2) is 48.7 Å². The Balaban J connectivity index is 1.96. The normalized spacial score (nSPS) is 10.8. The Morgan fingerprint density at radius 1 is 0.952 bits per heavy atom. The van der Waals surface area contributed by atoms with Gasteiger partial charge in [0.25, 0.3) is 0 Å². The molecular weight excluding hydrogens is 264 g/mol. The molecule has 0 unspecified atom stereocenters. The Labute approximate surface area is 123 Å². The molecule has 2 aromatic carbocycles. The molecule has 0 spiro atoms. The molecule has 0 fully saturated rings. The van der Waals surface area contributed by atoms with Crippen molar-refractivity contribution in [1.82, 2.24) is 4.57 Å². The molecule has 3 rings (SSSR count). The van der Waals surface area contributed by atoms with Crippen molar-refractivity contribution in [3.63, 3.8) is 0 Å². The van der Waals surface area contributed by atoms with Crippen LogP contribution < -0.4 is 15.2 Å². The fourth-order valence-electron chi connectivity index (χ4n) is 2.51. The van der Waals surface area contributed by atoms with Gasteiger partial charge in [-0.1, -0.05) is 12.1 Å². The van der Waals surface area contributed by atoms with Crippen LogP contribution in [0.25, 0.3) is 10.9 Å². The monoisotopic (exact) mass is 282 g/mol. The van der Waals surface area contributed by atoms with Gasteiger partial charge in [0.05, 0.1) is 19.7 Å². The summed E-state index contributed by atoms with van der Waals surface area (Å²) in [6.45, 7) is 0.757. The first-order valence-electron chi connectivity index (χ1n) is 6.76. The van der Waals surface area contributed by atoms with Crippen LogP contribution in [0.1, 0.15) is 5.56 Å². The fourth-order valence-corrected chi connectivity index (χ4v) is 2.51. The first-order chi connectivity index (χ1) is 10.2. The largest absolute Gasteiger partial charge is 0.493 e. The second-order valence-corrected chi connectivity index (χ2v) is 4.95. The van der Waals surface area contributed by atoms with E-state index in [0.717, 1.165) is 34.8 Å². The maximum atomic E-state index is 5.88. The molecule has 0 aliphatic carbocycles. The quantitative estimate of drug-likeness (QED) is 0.747. The highest BCUT2D eigenvalue weighted by Crippen LogP contribution is 2.28. The number of aromatic nitrogens is 1. The van der Waals surface area contributed by atoms with Gasteiger partial charge in [-0.25, -0.2) is 0 Å². The van der Waals surface area contributed by atoms with Crippen molar-refractivity contribution >= 4 is 16.6 Å². The van der Waals surface area contributed by atoms with E-state index in [1.807, 2.05) is 36.4 Å². The molecule has 0 bridgehead atoms. The number of rotatable bonds is 4. The van der Waals surface area contributed by atoms with Crippen molar-refractivity contribution in [2.45, 2.75) is 6.54 Å². The summed E-state index contributed by atoms with van der Waals surface area (Å²) in [5.74, 6) is 1.48. The standard InChI is InChI=1S/C17H18N2O2/c1-20-16-6-3-12(9-17(16)21-2)11-19-8-7-13-4-5-14(18)10-15(13)19/h3-10H,11,18H2,1-2H3. The number of nitrogen functional groups attached to an aromatic ring is 1. The zero-order valence-corrected chi connectivity index (χ0v) is 12.2. The Morgan fingerprint density at radius 2 is 1.76 bits per heavy atom. The number of ether oxygens (including phenoxy) is 2. The van der Waals surface area contributed by atoms with Gasteiger partial charge in [-0.05, 0) is 41.3 Å². The highest BCUT2D eigenvalue weighted by molar-refractivity contribution is 5.83. The van der Waals surface area contributed by atoms with E-state index >= 15 is 0 Å². The number of nitrogens with two attached hydrogens (primary N) is 1. The Kier molecular flexibility index (Phi) is 3.44. The van der Waals surface area contributed by atoms with Crippen molar-refractivity contribution in [2.24, 2.45) is 0 Å². The maximum absolute atomic E-state index is 5.88. The molecule has 1 aromatic heterocycles. The molecule has 0 saturated heterocycles. The van der Waals surface area contributed by atoms with E-state index in [9.17, 15) is 0 Å². The molecule has 0 aliphatic rings. The van der Waals surface area contributed by atoms with Crippen molar-refractivity contribution < 1.29 is 9.47 Å². The zero-order valence-electron chi connectivity index (χ0n) is 12.2. The molecule has 0 atom stereocenters. The summed E-state index contributed by atoms with van der Waals surface area (Å²) in [6, 6.07) is 14.0. The minimum absolute atomic E-state index is 0.739. The predicted octanol–water partition coefficient (Wildman–Crippen LogP) is 3.29. The molecule has 108 valence electrons. The van der Waals surface area contributed by atoms with E-state index in [1.165, 1.54) is 5.39 Å². The highest BCUT2D eigenvalue weighted by Gasteiger charge is 2.07. The summed E-state index contributed by atoms with van der Waals surface area (Å²) in [5, 5.41) is 1.18. The van der Waals surface area contributed by atoms with Crippen molar-refractivity contribution in [3.05, 3.63) is 54.2 Å². The number of anilines is 1. The number of fused-ring (bicyclic) bond motifs is 1. The minimum atomic E-state index is 0.739. The van der Waals surface area contributed by atoms with Crippen LogP contribution in [0.5, 0.6) is 11.5 Å². The van der Waals surface area contributed by atoms with Gasteiger partial charge < -0.3 is 19.8 Å². The molecule has 0 radical (unpaired) electrons. The van der Waals surface area contributed by atoms with Gasteiger partial charge in [-0.2, -0.15) is 0 Å². The van der Waals surface area contributed by atoms with Gasteiger partial charge in [-0.15, -0.1) is 0 Å². The van der Waals surface area contributed by atoms with Gasteiger partial charge in [-0.3, -0.25) is 0 Å². The molecule has 0 amide bonds. The second kappa shape index (κ2) is 5.40. The predicted molar refractivity (Wildman–Crippen MR) is 85.0 cm³/mol. The molecule has 0 aliphatic heterocycles. The van der Waals surface area contributed by atoms with Crippen LogP contribution in [0.2, 0.25) is 0 Å². The van der Waals surface area contributed by atoms with E-state index < -0.39 is 0 Å². The summed E-state index contributed by atoms with van der Waals surface area (Å²) in [5.41, 5.74) is 8.93. The summed E-state index contributed by atoms with van der Waals surface area (Å²) >= 11 is 0. The number of hydrogen-bond donors (Lipinski definition) is 1. The van der Waals surface area contributed by atoms with Crippen LogP contribution >= 0.6 is 0 Å². The lowest BCUT2D eigenvalue weighted by atomic mass is 10.2. The van der Waals surface area contributed by atoms with E-state index in [4.69, 9.17) is 15.2 Å². The maximum Gasteiger partial charge on any atom is 0.161 e. The third kappa shape index (κ3) is 2.52. The fraction of sp³-hybridized carbons (Fsp3) is 0.176. The number of methoxy groups -OCH3 is 2. The van der Waals surface area contributed by atoms with E-state index in [0.29, 0.717) is 0 Å². The molecule has 2 N–H and O–H groups in total. The first-order valence-corrected chi connectivity index (χ1v) is 6.76. The number of hydrogen-bond acceptors (Lipinski definition) is 3. The Hall–Kier alpha value is -2.62. The Bertz CT molecular complexity index is 778. The summed E-state index contributed by atoms with van der Waals surface area (Å²) in [7, 11) is 3.28. The van der Waals surface area contributed by atoms with Crippen LogP contribution in [0.3, 0.4) is 0 Å². The minimum Gasteiger partial charge on any atom is -0.493 e. The summed E-state index contributed by atoms with van der Waals surface area (Å²) in [4.78, 5) is 0. The summed E-state index contributed by atoms with van der Waals surface area (Å²) in [6.07, 6.45) is 2.07. The lowest BCUT2D eigenvalue weighted by molar-refractivity contribution is 0.354.